The van der Waals surface area contributed by atoms with Gasteiger partial charge in [0.1, 0.15) is 5.76 Å². The maximum Gasteiger partial charge on any atom is 0.308 e. The lowest BCUT2D eigenvalue weighted by Crippen LogP contribution is -2.42. The van der Waals surface area contributed by atoms with Crippen LogP contribution in [0.4, 0.5) is 0 Å². The summed E-state index contributed by atoms with van der Waals surface area (Å²) in [5.41, 5.74) is 0.524. The Bertz CT molecular complexity index is 437. The number of carboxylic acid groups (broad SMARTS) is 1. The van der Waals surface area contributed by atoms with Gasteiger partial charge in [-0.05, 0) is 25.8 Å². The monoisotopic (exact) mass is 237 g/mol. The molecule has 1 aromatic rings. The average molecular weight is 237 g/mol. The van der Waals surface area contributed by atoms with E-state index < -0.39 is 11.9 Å². The second kappa shape index (κ2) is 4.61. The van der Waals surface area contributed by atoms with Gasteiger partial charge in [0.15, 0.2) is 0 Å². The molecule has 5 heteroatoms. The van der Waals surface area contributed by atoms with E-state index in [-0.39, 0.29) is 5.91 Å². The molecule has 1 aliphatic rings. The van der Waals surface area contributed by atoms with Crippen molar-refractivity contribution in [3.05, 3.63) is 23.7 Å². The van der Waals surface area contributed by atoms with Crippen LogP contribution in [0.2, 0.25) is 0 Å². The molecule has 0 bridgehead atoms. The van der Waals surface area contributed by atoms with E-state index in [1.165, 1.54) is 6.26 Å². The lowest BCUT2D eigenvalue weighted by atomic mass is 9.98. The highest BCUT2D eigenvalue weighted by atomic mass is 16.4. The van der Waals surface area contributed by atoms with Gasteiger partial charge >= 0.3 is 5.97 Å². The lowest BCUT2D eigenvalue weighted by Gasteiger charge is -2.30. The van der Waals surface area contributed by atoms with Crippen LogP contribution >= 0.6 is 0 Å². The molecule has 1 atom stereocenters. The maximum atomic E-state index is 12.1. The number of carbonyl (C=O) groups excluding carboxylic acids is 1. The van der Waals surface area contributed by atoms with Crippen molar-refractivity contribution in [1.82, 2.24) is 4.90 Å². The van der Waals surface area contributed by atoms with Crippen LogP contribution in [0.25, 0.3) is 0 Å². The van der Waals surface area contributed by atoms with E-state index in [9.17, 15) is 9.59 Å². The first-order valence-corrected chi connectivity index (χ1v) is 5.65. The van der Waals surface area contributed by atoms with Gasteiger partial charge in [0.05, 0.1) is 17.7 Å². The molecule has 2 heterocycles. The molecule has 17 heavy (non-hydrogen) atoms. The van der Waals surface area contributed by atoms with Crippen LogP contribution in [0.1, 0.15) is 29.0 Å². The largest absolute Gasteiger partial charge is 0.481 e. The highest BCUT2D eigenvalue weighted by Crippen LogP contribution is 2.20. The number of carboxylic acids is 1. The third kappa shape index (κ3) is 2.33. The van der Waals surface area contributed by atoms with Crippen LogP contribution < -0.4 is 0 Å². The summed E-state index contributed by atoms with van der Waals surface area (Å²) in [6.07, 6.45) is 2.85. The number of rotatable bonds is 2. The number of hydrogen-bond donors (Lipinski definition) is 1. The van der Waals surface area contributed by atoms with Crippen LogP contribution in [0, 0.1) is 12.8 Å². The number of piperidine rings is 1. The number of nitrogens with zero attached hydrogens (tertiary/aromatic N) is 1. The molecule has 92 valence electrons. The zero-order chi connectivity index (χ0) is 12.4. The normalized spacial score (nSPS) is 20.3. The summed E-state index contributed by atoms with van der Waals surface area (Å²) < 4.78 is 5.09. The molecule has 1 amide bonds. The second-order valence-electron chi connectivity index (χ2n) is 4.32. The zero-order valence-electron chi connectivity index (χ0n) is 9.68. The van der Waals surface area contributed by atoms with Gasteiger partial charge in [-0.1, -0.05) is 0 Å². The van der Waals surface area contributed by atoms with Gasteiger partial charge in [-0.15, -0.1) is 0 Å². The minimum absolute atomic E-state index is 0.137. The van der Waals surface area contributed by atoms with Gasteiger partial charge in [0, 0.05) is 13.1 Å². The number of carbonyl (C=O) groups is 2. The number of aryl methyl sites for hydroxylation is 1. The minimum Gasteiger partial charge on any atom is -0.481 e. The molecule has 0 saturated carbocycles. The third-order valence-corrected chi connectivity index (χ3v) is 3.15. The second-order valence-corrected chi connectivity index (χ2v) is 4.32. The predicted octanol–water partition coefficient (Wildman–Crippen LogP) is 1.52. The molecule has 5 nitrogen and oxygen atoms in total. The summed E-state index contributed by atoms with van der Waals surface area (Å²) in [5, 5.41) is 8.97. The molecule has 1 saturated heterocycles. The van der Waals surface area contributed by atoms with Crippen molar-refractivity contribution in [1.29, 1.82) is 0 Å². The molecule has 1 fully saturated rings. The number of aliphatic carboxylic acids is 1. The van der Waals surface area contributed by atoms with Gasteiger partial charge in [-0.25, -0.2) is 0 Å². The molecule has 0 radical (unpaired) electrons. The van der Waals surface area contributed by atoms with E-state index in [0.29, 0.717) is 30.8 Å². The Morgan fingerprint density at radius 3 is 2.88 bits per heavy atom. The van der Waals surface area contributed by atoms with E-state index in [4.69, 9.17) is 9.52 Å². The van der Waals surface area contributed by atoms with Crippen molar-refractivity contribution in [2.24, 2.45) is 5.92 Å². The van der Waals surface area contributed by atoms with Crippen molar-refractivity contribution < 1.29 is 19.1 Å². The van der Waals surface area contributed by atoms with E-state index >= 15 is 0 Å². The molecule has 1 aliphatic heterocycles. The van der Waals surface area contributed by atoms with Crippen molar-refractivity contribution in [3.8, 4) is 0 Å². The van der Waals surface area contributed by atoms with E-state index in [1.54, 1.807) is 17.9 Å². The summed E-state index contributed by atoms with van der Waals surface area (Å²) in [4.78, 5) is 24.6. The molecule has 0 spiro atoms. The Labute approximate surface area is 99.0 Å². The smallest absolute Gasteiger partial charge is 0.308 e. The minimum atomic E-state index is -0.827. The van der Waals surface area contributed by atoms with Crippen molar-refractivity contribution in [2.75, 3.05) is 13.1 Å². The van der Waals surface area contributed by atoms with Crippen molar-refractivity contribution in [3.63, 3.8) is 0 Å². The molecular weight excluding hydrogens is 222 g/mol. The van der Waals surface area contributed by atoms with E-state index in [0.717, 1.165) is 6.42 Å². The van der Waals surface area contributed by atoms with Gasteiger partial charge in [0.25, 0.3) is 5.91 Å². The van der Waals surface area contributed by atoms with E-state index in [1.807, 2.05) is 0 Å². The van der Waals surface area contributed by atoms with Crippen LogP contribution in [0.3, 0.4) is 0 Å². The number of hydrogen-bond acceptors (Lipinski definition) is 3. The quantitative estimate of drug-likeness (QED) is 0.846. The standard InChI is InChI=1S/C12H15NO4/c1-8-10(4-6-17-8)11(14)13-5-2-3-9(7-13)12(15)16/h4,6,9H,2-3,5,7H2,1H3,(H,15,16). The molecular formula is C12H15NO4. The van der Waals surface area contributed by atoms with Crippen molar-refractivity contribution >= 4 is 11.9 Å². The molecule has 1 unspecified atom stereocenters. The number of likely N-dealkylation sites (tertiary alicyclic amines) is 1. The first-order valence-electron chi connectivity index (χ1n) is 5.65. The fraction of sp³-hybridized carbons (Fsp3) is 0.500. The predicted molar refractivity (Wildman–Crippen MR) is 59.7 cm³/mol. The fourth-order valence-electron chi connectivity index (χ4n) is 2.14. The first-order chi connectivity index (χ1) is 8.09. The van der Waals surface area contributed by atoms with Crippen LogP contribution in [-0.4, -0.2) is 35.0 Å². The Morgan fingerprint density at radius 2 is 2.29 bits per heavy atom. The van der Waals surface area contributed by atoms with Crippen LogP contribution in [-0.2, 0) is 4.79 Å². The summed E-state index contributed by atoms with van der Waals surface area (Å²) in [6, 6.07) is 1.63. The summed E-state index contributed by atoms with van der Waals surface area (Å²) >= 11 is 0. The van der Waals surface area contributed by atoms with Gasteiger partial charge in [-0.2, -0.15) is 0 Å². The first kappa shape index (κ1) is 11.7. The van der Waals surface area contributed by atoms with Crippen LogP contribution in [0.15, 0.2) is 16.7 Å². The summed E-state index contributed by atoms with van der Waals surface area (Å²) in [7, 11) is 0. The Morgan fingerprint density at radius 1 is 1.53 bits per heavy atom. The zero-order valence-corrected chi connectivity index (χ0v) is 9.68. The Balaban J connectivity index is 2.10. The summed E-state index contributed by atoms with van der Waals surface area (Å²) in [5.74, 6) is -0.832. The Kier molecular flexibility index (Phi) is 3.17. The molecule has 1 N–H and O–H groups in total. The van der Waals surface area contributed by atoms with Crippen molar-refractivity contribution in [2.45, 2.75) is 19.8 Å². The highest BCUT2D eigenvalue weighted by Gasteiger charge is 2.29. The molecule has 2 rings (SSSR count). The Hall–Kier alpha value is -1.78. The number of furan rings is 1. The summed E-state index contributed by atoms with van der Waals surface area (Å²) in [6.45, 7) is 2.64. The van der Waals surface area contributed by atoms with Gasteiger partial charge in [0.2, 0.25) is 0 Å². The topological polar surface area (TPSA) is 70.8 Å². The van der Waals surface area contributed by atoms with Crippen LogP contribution in [0.5, 0.6) is 0 Å². The average Bonchev–Trinajstić information content (AvgIpc) is 2.74. The molecule has 1 aromatic heterocycles. The molecule has 0 aromatic carbocycles. The SMILES string of the molecule is Cc1occc1C(=O)N1CCCC(C(=O)O)C1. The highest BCUT2D eigenvalue weighted by molar-refractivity contribution is 5.95. The maximum absolute atomic E-state index is 12.1. The fourth-order valence-corrected chi connectivity index (χ4v) is 2.14. The van der Waals surface area contributed by atoms with Gasteiger partial charge < -0.3 is 14.4 Å². The third-order valence-electron chi connectivity index (χ3n) is 3.15. The number of amides is 1. The molecule has 0 aliphatic carbocycles. The lowest BCUT2D eigenvalue weighted by molar-refractivity contribution is -0.143. The van der Waals surface area contributed by atoms with Gasteiger partial charge in [-0.3, -0.25) is 9.59 Å². The van der Waals surface area contributed by atoms with E-state index in [2.05, 4.69) is 0 Å².